The van der Waals surface area contributed by atoms with Crippen LogP contribution in [0.4, 0.5) is 4.39 Å². The lowest BCUT2D eigenvalue weighted by Crippen LogP contribution is -2.00. The molecule has 0 fully saturated rings. The number of aliphatic hydroxyl groups excluding tert-OH is 1. The Balaban J connectivity index is 2.06. The first kappa shape index (κ1) is 11.0. The number of hydrogen-bond donors (Lipinski definition) is 1. The van der Waals surface area contributed by atoms with Crippen LogP contribution in [0.15, 0.2) is 40.9 Å². The zero-order chi connectivity index (χ0) is 12.7. The Labute approximate surface area is 102 Å². The lowest BCUT2D eigenvalue weighted by molar-refractivity contribution is 0.186. The van der Waals surface area contributed by atoms with E-state index >= 15 is 0 Å². The topological polar surface area (TPSA) is 51.2 Å². The van der Waals surface area contributed by atoms with Crippen molar-refractivity contribution in [3.05, 3.63) is 53.8 Å². The molecule has 1 N–H and O–H groups in total. The van der Waals surface area contributed by atoms with Crippen molar-refractivity contribution < 1.29 is 13.9 Å². The Morgan fingerprint density at radius 2 is 2.22 bits per heavy atom. The van der Waals surface area contributed by atoms with Crippen molar-refractivity contribution in [3.63, 3.8) is 0 Å². The third kappa shape index (κ3) is 1.69. The Kier molecular flexibility index (Phi) is 2.41. The van der Waals surface area contributed by atoms with Gasteiger partial charge in [-0.3, -0.25) is 4.68 Å². The highest BCUT2D eigenvalue weighted by Gasteiger charge is 2.18. The molecule has 0 saturated heterocycles. The number of aryl methyl sites for hydroxylation is 1. The maximum absolute atomic E-state index is 13.5. The molecule has 0 aliphatic heterocycles. The number of hydrogen-bond acceptors (Lipinski definition) is 3. The standard InChI is InChI=1S/C13H11FN2O2/c1-16-6-5-10(15-16)12(17)11-7-8-3-2-4-9(14)13(8)18-11/h2-7,12,17H,1H3. The molecule has 3 rings (SSSR count). The monoisotopic (exact) mass is 246 g/mol. The molecule has 0 aliphatic carbocycles. The van der Waals surface area contributed by atoms with Gasteiger partial charge in [0.25, 0.3) is 0 Å². The minimum atomic E-state index is -0.988. The number of fused-ring (bicyclic) bond motifs is 1. The van der Waals surface area contributed by atoms with Crippen LogP contribution in [0.25, 0.3) is 11.0 Å². The van der Waals surface area contributed by atoms with Crippen molar-refractivity contribution in [2.75, 3.05) is 0 Å². The van der Waals surface area contributed by atoms with Crippen molar-refractivity contribution in [2.24, 2.45) is 7.05 Å². The van der Waals surface area contributed by atoms with Crippen LogP contribution in [0, 0.1) is 5.82 Å². The summed E-state index contributed by atoms with van der Waals surface area (Å²) in [6.45, 7) is 0. The fourth-order valence-electron chi connectivity index (χ4n) is 1.91. The van der Waals surface area contributed by atoms with Crippen LogP contribution >= 0.6 is 0 Å². The molecule has 2 heterocycles. The SMILES string of the molecule is Cn1ccc(C(O)c2cc3cccc(F)c3o2)n1. The molecule has 4 nitrogen and oxygen atoms in total. The zero-order valence-electron chi connectivity index (χ0n) is 9.67. The Morgan fingerprint density at radius 1 is 1.39 bits per heavy atom. The van der Waals surface area contributed by atoms with Gasteiger partial charge in [0.15, 0.2) is 17.5 Å². The van der Waals surface area contributed by atoms with Crippen LogP contribution in [0.3, 0.4) is 0 Å². The minimum Gasteiger partial charge on any atom is -0.455 e. The number of rotatable bonds is 2. The number of nitrogens with zero attached hydrogens (tertiary/aromatic N) is 2. The summed E-state index contributed by atoms with van der Waals surface area (Å²) in [7, 11) is 1.76. The average Bonchev–Trinajstić information content (AvgIpc) is 2.95. The predicted molar refractivity (Wildman–Crippen MR) is 63.4 cm³/mol. The van der Waals surface area contributed by atoms with Crippen LogP contribution in [-0.2, 0) is 7.05 Å². The molecule has 18 heavy (non-hydrogen) atoms. The van der Waals surface area contributed by atoms with Gasteiger partial charge in [-0.15, -0.1) is 0 Å². The summed E-state index contributed by atoms with van der Waals surface area (Å²) in [5.74, 6) is -0.152. The summed E-state index contributed by atoms with van der Waals surface area (Å²) in [4.78, 5) is 0. The summed E-state index contributed by atoms with van der Waals surface area (Å²) >= 11 is 0. The van der Waals surface area contributed by atoms with Gasteiger partial charge in [0.1, 0.15) is 5.76 Å². The van der Waals surface area contributed by atoms with Crippen molar-refractivity contribution >= 4 is 11.0 Å². The number of benzene rings is 1. The van der Waals surface area contributed by atoms with Crippen LogP contribution in [0.2, 0.25) is 0 Å². The lowest BCUT2D eigenvalue weighted by Gasteiger charge is -2.02. The third-order valence-electron chi connectivity index (χ3n) is 2.80. The Bertz CT molecular complexity index is 702. The lowest BCUT2D eigenvalue weighted by atomic mass is 10.2. The molecular formula is C13H11FN2O2. The first-order valence-electron chi connectivity index (χ1n) is 5.51. The Morgan fingerprint density at radius 3 is 2.89 bits per heavy atom. The van der Waals surface area contributed by atoms with E-state index in [2.05, 4.69) is 5.10 Å². The first-order chi connectivity index (χ1) is 8.65. The van der Waals surface area contributed by atoms with Crippen molar-refractivity contribution in [2.45, 2.75) is 6.10 Å². The van der Waals surface area contributed by atoms with Crippen LogP contribution in [-0.4, -0.2) is 14.9 Å². The van der Waals surface area contributed by atoms with Gasteiger partial charge < -0.3 is 9.52 Å². The molecule has 2 aromatic heterocycles. The van der Waals surface area contributed by atoms with Gasteiger partial charge in [0, 0.05) is 18.6 Å². The summed E-state index contributed by atoms with van der Waals surface area (Å²) in [5, 5.41) is 14.8. The maximum atomic E-state index is 13.5. The highest BCUT2D eigenvalue weighted by Crippen LogP contribution is 2.28. The Hall–Kier alpha value is -2.14. The van der Waals surface area contributed by atoms with Gasteiger partial charge in [-0.25, -0.2) is 4.39 Å². The van der Waals surface area contributed by atoms with E-state index < -0.39 is 11.9 Å². The van der Waals surface area contributed by atoms with Crippen molar-refractivity contribution in [1.82, 2.24) is 9.78 Å². The van der Waals surface area contributed by atoms with Crippen LogP contribution in [0.1, 0.15) is 17.6 Å². The number of aromatic nitrogens is 2. The molecule has 0 aliphatic rings. The highest BCUT2D eigenvalue weighted by molar-refractivity contribution is 5.78. The van der Waals surface area contributed by atoms with E-state index in [0.717, 1.165) is 0 Å². The van der Waals surface area contributed by atoms with Gasteiger partial charge >= 0.3 is 0 Å². The predicted octanol–water partition coefficient (Wildman–Crippen LogP) is 2.39. The molecule has 92 valence electrons. The van der Waals surface area contributed by atoms with Gasteiger partial charge in [0.2, 0.25) is 0 Å². The molecule has 0 amide bonds. The van der Waals surface area contributed by atoms with E-state index in [1.165, 1.54) is 6.07 Å². The quantitative estimate of drug-likeness (QED) is 0.755. The molecule has 1 atom stereocenters. The van der Waals surface area contributed by atoms with Crippen LogP contribution in [0.5, 0.6) is 0 Å². The second-order valence-electron chi connectivity index (χ2n) is 4.12. The van der Waals surface area contributed by atoms with Gasteiger partial charge in [-0.2, -0.15) is 5.10 Å². The molecule has 3 aromatic rings. The fraction of sp³-hybridized carbons (Fsp3) is 0.154. The molecule has 1 aromatic carbocycles. The third-order valence-corrected chi connectivity index (χ3v) is 2.80. The molecule has 5 heteroatoms. The number of furan rings is 1. The second-order valence-corrected chi connectivity index (χ2v) is 4.12. The van der Waals surface area contributed by atoms with Crippen LogP contribution < -0.4 is 0 Å². The second kappa shape index (κ2) is 3.96. The van der Waals surface area contributed by atoms with E-state index in [4.69, 9.17) is 4.42 Å². The normalized spacial score (nSPS) is 13.1. The summed E-state index contributed by atoms with van der Waals surface area (Å²) in [6.07, 6.45) is 0.736. The minimum absolute atomic E-state index is 0.155. The van der Waals surface area contributed by atoms with Crippen molar-refractivity contribution in [1.29, 1.82) is 0 Å². The van der Waals surface area contributed by atoms with E-state index in [9.17, 15) is 9.50 Å². The number of aliphatic hydroxyl groups is 1. The molecule has 0 bridgehead atoms. The maximum Gasteiger partial charge on any atom is 0.170 e. The molecule has 1 unspecified atom stereocenters. The van der Waals surface area contributed by atoms with E-state index in [0.29, 0.717) is 11.1 Å². The van der Waals surface area contributed by atoms with E-state index in [1.54, 1.807) is 42.2 Å². The van der Waals surface area contributed by atoms with E-state index in [-0.39, 0.29) is 11.3 Å². The van der Waals surface area contributed by atoms with Gasteiger partial charge in [-0.05, 0) is 18.2 Å². The summed E-state index contributed by atoms with van der Waals surface area (Å²) in [5.41, 5.74) is 0.624. The summed E-state index contributed by atoms with van der Waals surface area (Å²) < 4.78 is 20.4. The summed E-state index contributed by atoms with van der Waals surface area (Å²) in [6, 6.07) is 7.97. The zero-order valence-corrected chi connectivity index (χ0v) is 9.67. The largest absolute Gasteiger partial charge is 0.455 e. The van der Waals surface area contributed by atoms with Gasteiger partial charge in [0.05, 0.1) is 5.69 Å². The van der Waals surface area contributed by atoms with Crippen molar-refractivity contribution in [3.8, 4) is 0 Å². The number of halogens is 1. The van der Waals surface area contributed by atoms with Gasteiger partial charge in [-0.1, -0.05) is 12.1 Å². The number of para-hydroxylation sites is 1. The average molecular weight is 246 g/mol. The molecular weight excluding hydrogens is 235 g/mol. The first-order valence-corrected chi connectivity index (χ1v) is 5.51. The highest BCUT2D eigenvalue weighted by atomic mass is 19.1. The molecule has 0 radical (unpaired) electrons. The molecule has 0 spiro atoms. The molecule has 0 saturated carbocycles. The smallest absolute Gasteiger partial charge is 0.170 e. The van der Waals surface area contributed by atoms with E-state index in [1.807, 2.05) is 0 Å². The fourth-order valence-corrected chi connectivity index (χ4v) is 1.91.